The molecule has 0 saturated heterocycles. The predicted octanol–water partition coefficient (Wildman–Crippen LogP) is 2.90. The second-order valence-electron chi connectivity index (χ2n) is 3.12. The first-order valence-electron chi connectivity index (χ1n) is 4.42. The topological polar surface area (TPSA) is 17.1 Å². The third-order valence-electron chi connectivity index (χ3n) is 2.07. The van der Waals surface area contributed by atoms with Crippen molar-refractivity contribution in [3.8, 4) is 0 Å². The average molecular weight is 238 g/mol. The SMILES string of the molecule is CCC(=O)Cc1c(F)c(F)c(F)c(F)c1F. The average Bonchev–Trinajstić information content (AvgIpc) is 2.29. The van der Waals surface area contributed by atoms with E-state index in [0.717, 1.165) is 0 Å². The van der Waals surface area contributed by atoms with Gasteiger partial charge < -0.3 is 0 Å². The highest BCUT2D eigenvalue weighted by molar-refractivity contribution is 5.80. The standard InChI is InChI=1S/C10H7F5O/c1-2-4(16)3-5-6(11)8(13)10(15)9(14)7(5)12/h2-3H2,1H3. The Labute approximate surface area is 87.9 Å². The van der Waals surface area contributed by atoms with Gasteiger partial charge in [0.1, 0.15) is 5.78 Å². The maximum absolute atomic E-state index is 13.0. The summed E-state index contributed by atoms with van der Waals surface area (Å²) in [6.45, 7) is 1.42. The van der Waals surface area contributed by atoms with Crippen molar-refractivity contribution in [2.45, 2.75) is 19.8 Å². The molecule has 0 aliphatic carbocycles. The highest BCUT2D eigenvalue weighted by atomic mass is 19.2. The molecule has 0 N–H and O–H groups in total. The number of ketones is 1. The van der Waals surface area contributed by atoms with Gasteiger partial charge in [0.2, 0.25) is 5.82 Å². The minimum atomic E-state index is -2.22. The number of Topliss-reactive ketones (excluding diaryl/α,β-unsaturated/α-hetero) is 1. The Hall–Kier alpha value is -1.46. The Kier molecular flexibility index (Phi) is 3.62. The Morgan fingerprint density at radius 3 is 1.62 bits per heavy atom. The molecule has 0 unspecified atom stereocenters. The van der Waals surface area contributed by atoms with E-state index in [1.165, 1.54) is 6.92 Å². The van der Waals surface area contributed by atoms with Crippen LogP contribution >= 0.6 is 0 Å². The molecule has 0 aromatic heterocycles. The maximum atomic E-state index is 13.0. The molecule has 1 aromatic carbocycles. The number of halogens is 5. The van der Waals surface area contributed by atoms with E-state index in [9.17, 15) is 26.7 Å². The molecule has 1 aromatic rings. The fourth-order valence-corrected chi connectivity index (χ4v) is 1.13. The Morgan fingerprint density at radius 2 is 1.25 bits per heavy atom. The monoisotopic (exact) mass is 238 g/mol. The van der Waals surface area contributed by atoms with Gasteiger partial charge in [0.15, 0.2) is 23.3 Å². The quantitative estimate of drug-likeness (QED) is 0.449. The van der Waals surface area contributed by atoms with Crippen LogP contribution in [0.4, 0.5) is 22.0 Å². The van der Waals surface area contributed by atoms with E-state index in [1.54, 1.807) is 0 Å². The zero-order valence-electron chi connectivity index (χ0n) is 8.21. The van der Waals surface area contributed by atoms with Crippen LogP contribution in [0.5, 0.6) is 0 Å². The minimum absolute atomic E-state index is 0.0422. The summed E-state index contributed by atoms with van der Waals surface area (Å²) in [5, 5.41) is 0. The lowest BCUT2D eigenvalue weighted by Gasteiger charge is -2.06. The number of hydrogen-bond donors (Lipinski definition) is 0. The molecule has 1 rings (SSSR count). The molecule has 6 heteroatoms. The van der Waals surface area contributed by atoms with Crippen LogP contribution in [-0.2, 0) is 11.2 Å². The first-order valence-corrected chi connectivity index (χ1v) is 4.42. The molecule has 0 atom stereocenters. The predicted molar refractivity (Wildman–Crippen MR) is 45.2 cm³/mol. The van der Waals surface area contributed by atoms with Crippen LogP contribution in [0.15, 0.2) is 0 Å². The zero-order valence-corrected chi connectivity index (χ0v) is 8.21. The highest BCUT2D eigenvalue weighted by Gasteiger charge is 2.26. The summed E-state index contributed by atoms with van der Waals surface area (Å²) >= 11 is 0. The molecule has 0 aliphatic heterocycles. The molecule has 0 radical (unpaired) electrons. The molecule has 0 saturated carbocycles. The first-order chi connectivity index (χ1) is 7.40. The summed E-state index contributed by atoms with van der Waals surface area (Å²) in [6, 6.07) is 0. The van der Waals surface area contributed by atoms with Crippen LogP contribution in [0.25, 0.3) is 0 Å². The molecule has 1 nitrogen and oxygen atoms in total. The van der Waals surface area contributed by atoms with Crippen molar-refractivity contribution in [2.24, 2.45) is 0 Å². The van der Waals surface area contributed by atoms with Crippen molar-refractivity contribution in [3.05, 3.63) is 34.6 Å². The number of hydrogen-bond acceptors (Lipinski definition) is 1. The van der Waals surface area contributed by atoms with E-state index >= 15 is 0 Å². The first kappa shape index (κ1) is 12.6. The van der Waals surface area contributed by atoms with Gasteiger partial charge in [0.05, 0.1) is 0 Å². The fourth-order valence-electron chi connectivity index (χ4n) is 1.13. The molecule has 16 heavy (non-hydrogen) atoms. The van der Waals surface area contributed by atoms with Gasteiger partial charge in [-0.3, -0.25) is 4.79 Å². The molecule has 0 fully saturated rings. The van der Waals surface area contributed by atoms with Crippen molar-refractivity contribution in [3.63, 3.8) is 0 Å². The van der Waals surface area contributed by atoms with E-state index in [-0.39, 0.29) is 6.42 Å². The summed E-state index contributed by atoms with van der Waals surface area (Å²) in [7, 11) is 0. The molecule has 0 spiro atoms. The molecule has 0 bridgehead atoms. The second-order valence-corrected chi connectivity index (χ2v) is 3.12. The normalized spacial score (nSPS) is 10.6. The van der Waals surface area contributed by atoms with Crippen molar-refractivity contribution in [1.29, 1.82) is 0 Å². The van der Waals surface area contributed by atoms with Gasteiger partial charge in [-0.05, 0) is 0 Å². The van der Waals surface area contributed by atoms with Crippen molar-refractivity contribution < 1.29 is 26.7 Å². The Balaban J connectivity index is 3.34. The largest absolute Gasteiger partial charge is 0.299 e. The molecular weight excluding hydrogens is 231 g/mol. The molecule has 0 amide bonds. The van der Waals surface area contributed by atoms with E-state index in [1.807, 2.05) is 0 Å². The molecule has 0 heterocycles. The van der Waals surface area contributed by atoms with Gasteiger partial charge >= 0.3 is 0 Å². The zero-order chi connectivity index (χ0) is 12.5. The van der Waals surface area contributed by atoms with Gasteiger partial charge in [-0.15, -0.1) is 0 Å². The van der Waals surface area contributed by atoms with Gasteiger partial charge in [-0.1, -0.05) is 6.92 Å². The van der Waals surface area contributed by atoms with Crippen LogP contribution in [0.1, 0.15) is 18.9 Å². The summed E-state index contributed by atoms with van der Waals surface area (Å²) in [5.41, 5.74) is -1.08. The van der Waals surface area contributed by atoms with Gasteiger partial charge in [-0.2, -0.15) is 0 Å². The van der Waals surface area contributed by atoms with E-state index in [0.29, 0.717) is 0 Å². The lowest BCUT2D eigenvalue weighted by molar-refractivity contribution is -0.118. The summed E-state index contributed by atoms with van der Waals surface area (Å²) < 4.78 is 64.0. The van der Waals surface area contributed by atoms with E-state index < -0.39 is 46.9 Å². The number of carbonyl (C=O) groups is 1. The number of carbonyl (C=O) groups excluding carboxylic acids is 1. The molecular formula is C10H7F5O. The molecule has 0 aliphatic rings. The smallest absolute Gasteiger partial charge is 0.200 e. The highest BCUT2D eigenvalue weighted by Crippen LogP contribution is 2.23. The van der Waals surface area contributed by atoms with Crippen LogP contribution in [0, 0.1) is 29.1 Å². The second kappa shape index (κ2) is 4.59. The summed E-state index contributed by atoms with van der Waals surface area (Å²) in [6.07, 6.45) is -0.845. The van der Waals surface area contributed by atoms with Gasteiger partial charge in [-0.25, -0.2) is 22.0 Å². The van der Waals surface area contributed by atoms with Crippen LogP contribution in [0.3, 0.4) is 0 Å². The van der Waals surface area contributed by atoms with Gasteiger partial charge in [0.25, 0.3) is 0 Å². The third-order valence-corrected chi connectivity index (χ3v) is 2.07. The number of benzene rings is 1. The van der Waals surface area contributed by atoms with Crippen LogP contribution in [0.2, 0.25) is 0 Å². The maximum Gasteiger partial charge on any atom is 0.200 e. The van der Waals surface area contributed by atoms with Crippen molar-refractivity contribution in [2.75, 3.05) is 0 Å². The Morgan fingerprint density at radius 1 is 0.875 bits per heavy atom. The lowest BCUT2D eigenvalue weighted by atomic mass is 10.1. The third kappa shape index (κ3) is 2.05. The van der Waals surface area contributed by atoms with Gasteiger partial charge in [0, 0.05) is 18.4 Å². The number of rotatable bonds is 3. The van der Waals surface area contributed by atoms with Crippen molar-refractivity contribution in [1.82, 2.24) is 0 Å². The van der Waals surface area contributed by atoms with E-state index in [2.05, 4.69) is 0 Å². The van der Waals surface area contributed by atoms with Crippen LogP contribution in [-0.4, -0.2) is 5.78 Å². The van der Waals surface area contributed by atoms with Crippen molar-refractivity contribution >= 4 is 5.78 Å². The Bertz CT molecular complexity index is 412. The minimum Gasteiger partial charge on any atom is -0.299 e. The lowest BCUT2D eigenvalue weighted by Crippen LogP contribution is -2.11. The molecule has 88 valence electrons. The van der Waals surface area contributed by atoms with E-state index in [4.69, 9.17) is 0 Å². The van der Waals surface area contributed by atoms with Crippen LogP contribution < -0.4 is 0 Å². The summed E-state index contributed by atoms with van der Waals surface area (Å²) in [5.74, 6) is -10.8. The fraction of sp³-hybridized carbons (Fsp3) is 0.300. The summed E-state index contributed by atoms with van der Waals surface area (Å²) in [4.78, 5) is 10.9.